The number of pyridine rings is 1. The molecule has 0 aliphatic rings. The largest absolute Gasteiger partial charge is 0.384 e. The van der Waals surface area contributed by atoms with Crippen molar-refractivity contribution in [1.82, 2.24) is 4.98 Å². The molecule has 1 heterocycles. The van der Waals surface area contributed by atoms with Crippen molar-refractivity contribution >= 4 is 10.9 Å². The minimum Gasteiger partial charge on any atom is -0.384 e. The number of aliphatic hydroxyl groups excluding tert-OH is 1. The lowest BCUT2D eigenvalue weighted by Crippen LogP contribution is -2.04. The summed E-state index contributed by atoms with van der Waals surface area (Å²) in [6.45, 7) is 1.89. The highest BCUT2D eigenvalue weighted by atomic mass is 19.2. The Labute approximate surface area is 120 Å². The second-order valence-corrected chi connectivity index (χ2v) is 4.95. The molecule has 0 radical (unpaired) electrons. The predicted molar refractivity (Wildman–Crippen MR) is 76.9 cm³/mol. The molecule has 106 valence electrons. The van der Waals surface area contributed by atoms with Crippen molar-refractivity contribution in [2.75, 3.05) is 0 Å². The molecule has 0 bridgehead atoms. The first-order chi connectivity index (χ1) is 10.1. The Bertz CT molecular complexity index is 817. The second kappa shape index (κ2) is 5.22. The summed E-state index contributed by atoms with van der Waals surface area (Å²) in [5, 5.41) is 11.1. The highest BCUT2D eigenvalue weighted by Gasteiger charge is 2.17. The van der Waals surface area contributed by atoms with Crippen LogP contribution in [-0.2, 0) is 0 Å². The summed E-state index contributed by atoms with van der Waals surface area (Å²) in [6, 6.07) is 12.7. The van der Waals surface area contributed by atoms with Crippen molar-refractivity contribution < 1.29 is 13.9 Å². The van der Waals surface area contributed by atoms with E-state index in [9.17, 15) is 13.9 Å². The first kappa shape index (κ1) is 13.6. The van der Waals surface area contributed by atoms with Crippen LogP contribution < -0.4 is 0 Å². The number of benzene rings is 2. The van der Waals surface area contributed by atoms with Crippen LogP contribution in [0, 0.1) is 18.6 Å². The summed E-state index contributed by atoms with van der Waals surface area (Å²) < 4.78 is 27.0. The Morgan fingerprint density at radius 3 is 2.67 bits per heavy atom. The molecule has 21 heavy (non-hydrogen) atoms. The lowest BCUT2D eigenvalue weighted by molar-refractivity contribution is 0.213. The molecule has 1 aromatic heterocycles. The number of halogens is 2. The first-order valence-corrected chi connectivity index (χ1v) is 6.55. The third-order valence-corrected chi connectivity index (χ3v) is 3.44. The minimum atomic E-state index is -1.22. The fourth-order valence-electron chi connectivity index (χ4n) is 2.33. The number of nitrogens with zero attached hydrogens (tertiary/aromatic N) is 1. The summed E-state index contributed by atoms with van der Waals surface area (Å²) in [5.74, 6) is -1.99. The normalized spacial score (nSPS) is 12.6. The third kappa shape index (κ3) is 2.50. The van der Waals surface area contributed by atoms with Gasteiger partial charge >= 0.3 is 0 Å². The van der Waals surface area contributed by atoms with Gasteiger partial charge in [-0.3, -0.25) is 4.98 Å². The van der Waals surface area contributed by atoms with Crippen LogP contribution in [0.2, 0.25) is 0 Å². The van der Waals surface area contributed by atoms with Gasteiger partial charge in [0.05, 0.1) is 5.52 Å². The molecule has 0 saturated heterocycles. The average Bonchev–Trinajstić information content (AvgIpc) is 2.49. The maximum Gasteiger partial charge on any atom is 0.164 e. The molecule has 2 aromatic carbocycles. The summed E-state index contributed by atoms with van der Waals surface area (Å²) in [6.07, 6.45) is -1.22. The van der Waals surface area contributed by atoms with Gasteiger partial charge in [-0.25, -0.2) is 8.78 Å². The fourth-order valence-corrected chi connectivity index (χ4v) is 2.33. The Hall–Kier alpha value is -2.33. The van der Waals surface area contributed by atoms with Crippen molar-refractivity contribution in [3.05, 3.63) is 77.0 Å². The van der Waals surface area contributed by atoms with E-state index in [0.717, 1.165) is 22.7 Å². The van der Waals surface area contributed by atoms with E-state index in [2.05, 4.69) is 4.98 Å². The molecule has 0 aliphatic carbocycles. The maximum atomic E-state index is 13.8. The van der Waals surface area contributed by atoms with Crippen LogP contribution in [0.5, 0.6) is 0 Å². The topological polar surface area (TPSA) is 33.1 Å². The van der Waals surface area contributed by atoms with Crippen molar-refractivity contribution in [3.63, 3.8) is 0 Å². The third-order valence-electron chi connectivity index (χ3n) is 3.44. The van der Waals surface area contributed by atoms with Crippen molar-refractivity contribution in [3.8, 4) is 0 Å². The Kier molecular flexibility index (Phi) is 3.39. The Morgan fingerprint density at radius 2 is 1.86 bits per heavy atom. The van der Waals surface area contributed by atoms with Crippen molar-refractivity contribution in [1.29, 1.82) is 0 Å². The van der Waals surface area contributed by atoms with E-state index in [1.165, 1.54) is 12.1 Å². The summed E-state index contributed by atoms with van der Waals surface area (Å²) >= 11 is 0. The minimum absolute atomic E-state index is 0.0746. The van der Waals surface area contributed by atoms with Crippen LogP contribution in [0.25, 0.3) is 10.9 Å². The molecule has 0 spiro atoms. The van der Waals surface area contributed by atoms with Gasteiger partial charge in [0.1, 0.15) is 6.10 Å². The van der Waals surface area contributed by atoms with Gasteiger partial charge in [0.25, 0.3) is 0 Å². The van der Waals surface area contributed by atoms with Crippen LogP contribution in [0.3, 0.4) is 0 Å². The Balaban J connectivity index is 2.07. The molecule has 1 atom stereocenters. The SMILES string of the molecule is Cc1ccc2cc(C(O)c3cccc(F)c3F)ccc2n1. The molecule has 0 fully saturated rings. The van der Waals surface area contributed by atoms with Crippen molar-refractivity contribution in [2.24, 2.45) is 0 Å². The molecular formula is C17H13F2NO. The second-order valence-electron chi connectivity index (χ2n) is 4.95. The number of fused-ring (bicyclic) bond motifs is 1. The zero-order chi connectivity index (χ0) is 15.0. The van der Waals surface area contributed by atoms with Gasteiger partial charge in [-0.2, -0.15) is 0 Å². The van der Waals surface area contributed by atoms with Crippen LogP contribution in [0.1, 0.15) is 22.9 Å². The van der Waals surface area contributed by atoms with Gasteiger partial charge in [-0.1, -0.05) is 24.3 Å². The van der Waals surface area contributed by atoms with Crippen LogP contribution in [0.4, 0.5) is 8.78 Å². The van der Waals surface area contributed by atoms with Gasteiger partial charge in [-0.15, -0.1) is 0 Å². The smallest absolute Gasteiger partial charge is 0.164 e. The zero-order valence-electron chi connectivity index (χ0n) is 11.3. The maximum absolute atomic E-state index is 13.8. The molecule has 1 N–H and O–H groups in total. The molecule has 0 saturated carbocycles. The highest BCUT2D eigenvalue weighted by molar-refractivity contribution is 5.79. The number of hydrogen-bond acceptors (Lipinski definition) is 2. The molecule has 0 aliphatic heterocycles. The number of aromatic nitrogens is 1. The number of aryl methyl sites for hydroxylation is 1. The van der Waals surface area contributed by atoms with E-state index in [0.29, 0.717) is 5.56 Å². The van der Waals surface area contributed by atoms with Gasteiger partial charge in [-0.05, 0) is 36.8 Å². The van der Waals surface area contributed by atoms with E-state index in [-0.39, 0.29) is 5.56 Å². The molecule has 2 nitrogen and oxygen atoms in total. The highest BCUT2D eigenvalue weighted by Crippen LogP contribution is 2.27. The molecule has 0 amide bonds. The molecular weight excluding hydrogens is 272 g/mol. The molecule has 3 rings (SSSR count). The molecule has 4 heteroatoms. The van der Waals surface area contributed by atoms with E-state index in [1.54, 1.807) is 18.2 Å². The summed E-state index contributed by atoms with van der Waals surface area (Å²) in [7, 11) is 0. The van der Waals surface area contributed by atoms with Crippen molar-refractivity contribution in [2.45, 2.75) is 13.0 Å². The summed E-state index contributed by atoms with van der Waals surface area (Å²) in [5.41, 5.74) is 2.12. The monoisotopic (exact) mass is 285 g/mol. The number of rotatable bonds is 2. The lowest BCUT2D eigenvalue weighted by atomic mass is 9.99. The van der Waals surface area contributed by atoms with Gasteiger partial charge < -0.3 is 5.11 Å². The summed E-state index contributed by atoms with van der Waals surface area (Å²) in [4.78, 5) is 4.36. The number of aliphatic hydroxyl groups is 1. The fraction of sp³-hybridized carbons (Fsp3) is 0.118. The molecule has 3 aromatic rings. The van der Waals surface area contributed by atoms with E-state index in [1.807, 2.05) is 19.1 Å². The molecule has 1 unspecified atom stereocenters. The van der Waals surface area contributed by atoms with Crippen LogP contribution >= 0.6 is 0 Å². The average molecular weight is 285 g/mol. The first-order valence-electron chi connectivity index (χ1n) is 6.55. The zero-order valence-corrected chi connectivity index (χ0v) is 11.3. The number of hydrogen-bond donors (Lipinski definition) is 1. The van der Waals surface area contributed by atoms with Gasteiger partial charge in [0.15, 0.2) is 11.6 Å². The van der Waals surface area contributed by atoms with Crippen LogP contribution in [-0.4, -0.2) is 10.1 Å². The van der Waals surface area contributed by atoms with E-state index < -0.39 is 17.7 Å². The quantitative estimate of drug-likeness (QED) is 0.774. The standard InChI is InChI=1S/C17H13F2NO/c1-10-5-6-11-9-12(7-8-15(11)20-10)17(21)13-3-2-4-14(18)16(13)19/h2-9,17,21H,1H3. The van der Waals surface area contributed by atoms with Gasteiger partial charge in [0.2, 0.25) is 0 Å². The van der Waals surface area contributed by atoms with E-state index in [4.69, 9.17) is 0 Å². The Morgan fingerprint density at radius 1 is 1.05 bits per heavy atom. The van der Waals surface area contributed by atoms with Gasteiger partial charge in [0, 0.05) is 16.6 Å². The predicted octanol–water partition coefficient (Wildman–Crippen LogP) is 3.90. The lowest BCUT2D eigenvalue weighted by Gasteiger charge is -2.13. The van der Waals surface area contributed by atoms with Crippen LogP contribution in [0.15, 0.2) is 48.5 Å². The van der Waals surface area contributed by atoms with E-state index >= 15 is 0 Å².